The Morgan fingerprint density at radius 1 is 1.45 bits per heavy atom. The third kappa shape index (κ3) is 3.19. The number of rotatable bonds is 4. The van der Waals surface area contributed by atoms with Crippen LogP contribution in [0.1, 0.15) is 37.2 Å². The van der Waals surface area contributed by atoms with Gasteiger partial charge in [-0.2, -0.15) is 5.10 Å². The Morgan fingerprint density at radius 2 is 2.15 bits per heavy atom. The number of halogens is 3. The van der Waals surface area contributed by atoms with Gasteiger partial charge in [-0.15, -0.1) is 0 Å². The summed E-state index contributed by atoms with van der Waals surface area (Å²) in [6, 6.07) is 6.09. The normalized spacial score (nSPS) is 12.9. The lowest BCUT2D eigenvalue weighted by molar-refractivity contribution is 0.476. The number of hydrogen-bond donors (Lipinski definition) is 2. The Labute approximate surface area is 145 Å². The number of nitrogens with one attached hydrogen (secondary N) is 1. The standard InChI is InChI=1S/C13H15BrClIN4/c1-7(2)20-13(11(15)6-18-20)12(19-17)9-5-8(16)3-4-10(9)14/h3-7,12,19H,17H2,1-2H3. The molecular formula is C13H15BrClIN4. The molecule has 0 amide bonds. The van der Waals surface area contributed by atoms with E-state index in [9.17, 15) is 0 Å². The fraction of sp³-hybridized carbons (Fsp3) is 0.308. The maximum absolute atomic E-state index is 6.31. The van der Waals surface area contributed by atoms with Crippen molar-refractivity contribution in [2.45, 2.75) is 25.9 Å². The summed E-state index contributed by atoms with van der Waals surface area (Å²) in [5.74, 6) is 5.78. The van der Waals surface area contributed by atoms with Crippen molar-refractivity contribution in [1.29, 1.82) is 0 Å². The molecule has 1 heterocycles. The number of hydrogen-bond acceptors (Lipinski definition) is 3. The molecule has 0 aliphatic rings. The zero-order valence-corrected chi connectivity index (χ0v) is 15.6. The van der Waals surface area contributed by atoms with E-state index in [1.807, 2.05) is 16.8 Å². The zero-order chi connectivity index (χ0) is 14.9. The number of aromatic nitrogens is 2. The van der Waals surface area contributed by atoms with Crippen LogP contribution in [0.3, 0.4) is 0 Å². The van der Waals surface area contributed by atoms with Gasteiger partial charge in [0.15, 0.2) is 0 Å². The highest BCUT2D eigenvalue weighted by Gasteiger charge is 2.24. The Balaban J connectivity index is 2.58. The van der Waals surface area contributed by atoms with Gasteiger partial charge in [-0.3, -0.25) is 10.5 Å². The van der Waals surface area contributed by atoms with E-state index in [4.69, 9.17) is 17.4 Å². The largest absolute Gasteiger partial charge is 0.271 e. The van der Waals surface area contributed by atoms with Crippen LogP contribution in [0.4, 0.5) is 0 Å². The molecule has 2 rings (SSSR count). The van der Waals surface area contributed by atoms with Gasteiger partial charge in [0.05, 0.1) is 23.0 Å². The van der Waals surface area contributed by atoms with Crippen LogP contribution in [0.5, 0.6) is 0 Å². The molecule has 1 atom stereocenters. The third-order valence-corrected chi connectivity index (χ3v) is 4.67. The minimum atomic E-state index is -0.225. The Bertz CT molecular complexity index is 614. The van der Waals surface area contributed by atoms with Crippen LogP contribution in [0.15, 0.2) is 28.9 Å². The highest BCUT2D eigenvalue weighted by Crippen LogP contribution is 2.34. The van der Waals surface area contributed by atoms with E-state index in [1.54, 1.807) is 6.20 Å². The molecule has 7 heteroatoms. The summed E-state index contributed by atoms with van der Waals surface area (Å²) in [5, 5.41) is 4.94. The maximum atomic E-state index is 6.31. The van der Waals surface area contributed by atoms with Crippen LogP contribution < -0.4 is 11.3 Å². The summed E-state index contributed by atoms with van der Waals surface area (Å²) < 4.78 is 4.00. The molecule has 0 fully saturated rings. The van der Waals surface area contributed by atoms with Crippen molar-refractivity contribution in [1.82, 2.24) is 15.2 Å². The van der Waals surface area contributed by atoms with E-state index in [1.165, 1.54) is 0 Å². The monoisotopic (exact) mass is 468 g/mol. The predicted octanol–water partition coefficient (Wildman–Crippen LogP) is 4.04. The second kappa shape index (κ2) is 6.74. The molecule has 2 aromatic rings. The summed E-state index contributed by atoms with van der Waals surface area (Å²) in [4.78, 5) is 0. The molecule has 4 nitrogen and oxygen atoms in total. The van der Waals surface area contributed by atoms with Crippen LogP contribution in [0, 0.1) is 3.57 Å². The van der Waals surface area contributed by atoms with Gasteiger partial charge in [-0.05, 0) is 60.2 Å². The van der Waals surface area contributed by atoms with Crippen LogP contribution >= 0.6 is 50.1 Å². The third-order valence-electron chi connectivity index (χ3n) is 2.99. The summed E-state index contributed by atoms with van der Waals surface area (Å²) in [7, 11) is 0. The van der Waals surface area contributed by atoms with Gasteiger partial charge in [0, 0.05) is 14.1 Å². The molecule has 1 unspecified atom stereocenters. The van der Waals surface area contributed by atoms with Gasteiger partial charge in [0.2, 0.25) is 0 Å². The molecule has 0 aliphatic heterocycles. The lowest BCUT2D eigenvalue weighted by Crippen LogP contribution is -2.31. The molecule has 0 aliphatic carbocycles. The van der Waals surface area contributed by atoms with E-state index in [2.05, 4.69) is 69.0 Å². The predicted molar refractivity (Wildman–Crippen MR) is 93.6 cm³/mol. The Hall–Kier alpha value is -0.150. The number of nitrogens with two attached hydrogens (primary N) is 1. The van der Waals surface area contributed by atoms with E-state index < -0.39 is 0 Å². The average Bonchev–Trinajstić information content (AvgIpc) is 2.77. The molecule has 0 bridgehead atoms. The zero-order valence-electron chi connectivity index (χ0n) is 11.1. The first kappa shape index (κ1) is 16.2. The van der Waals surface area contributed by atoms with Gasteiger partial charge in [0.1, 0.15) is 0 Å². The van der Waals surface area contributed by atoms with Crippen LogP contribution in [0.25, 0.3) is 0 Å². The molecule has 1 aromatic heterocycles. The second-order valence-electron chi connectivity index (χ2n) is 4.68. The van der Waals surface area contributed by atoms with E-state index in [0.717, 1.165) is 19.3 Å². The smallest absolute Gasteiger partial charge is 0.0904 e. The van der Waals surface area contributed by atoms with Crippen molar-refractivity contribution in [2.24, 2.45) is 5.84 Å². The number of hydrazine groups is 1. The minimum absolute atomic E-state index is 0.204. The molecular weight excluding hydrogens is 454 g/mol. The molecule has 0 spiro atoms. The lowest BCUT2D eigenvalue weighted by atomic mass is 10.0. The topological polar surface area (TPSA) is 55.9 Å². The van der Waals surface area contributed by atoms with Gasteiger partial charge in [-0.25, -0.2) is 5.43 Å². The fourth-order valence-corrected chi connectivity index (χ4v) is 3.31. The number of benzene rings is 1. The van der Waals surface area contributed by atoms with Gasteiger partial charge in [0.25, 0.3) is 0 Å². The highest BCUT2D eigenvalue weighted by molar-refractivity contribution is 14.1. The maximum Gasteiger partial charge on any atom is 0.0904 e. The Kier molecular flexibility index (Phi) is 5.47. The van der Waals surface area contributed by atoms with E-state index in [0.29, 0.717) is 5.02 Å². The van der Waals surface area contributed by atoms with Crippen molar-refractivity contribution in [3.63, 3.8) is 0 Å². The molecule has 0 radical (unpaired) electrons. The van der Waals surface area contributed by atoms with Gasteiger partial charge < -0.3 is 0 Å². The fourth-order valence-electron chi connectivity index (χ4n) is 2.08. The Morgan fingerprint density at radius 3 is 2.75 bits per heavy atom. The quantitative estimate of drug-likeness (QED) is 0.404. The lowest BCUT2D eigenvalue weighted by Gasteiger charge is -2.22. The molecule has 3 N–H and O–H groups in total. The van der Waals surface area contributed by atoms with E-state index >= 15 is 0 Å². The van der Waals surface area contributed by atoms with Gasteiger partial charge in [-0.1, -0.05) is 27.5 Å². The van der Waals surface area contributed by atoms with E-state index in [-0.39, 0.29) is 12.1 Å². The van der Waals surface area contributed by atoms with Crippen LogP contribution in [-0.2, 0) is 0 Å². The minimum Gasteiger partial charge on any atom is -0.271 e. The first-order chi connectivity index (χ1) is 9.45. The molecule has 0 saturated carbocycles. The van der Waals surface area contributed by atoms with Crippen molar-refractivity contribution in [3.8, 4) is 0 Å². The van der Waals surface area contributed by atoms with Crippen molar-refractivity contribution >= 4 is 50.1 Å². The number of nitrogens with zero attached hydrogens (tertiary/aromatic N) is 2. The summed E-state index contributed by atoms with van der Waals surface area (Å²) in [6.45, 7) is 4.12. The van der Waals surface area contributed by atoms with Crippen LogP contribution in [0.2, 0.25) is 5.02 Å². The molecule has 0 saturated heterocycles. The first-order valence-electron chi connectivity index (χ1n) is 6.09. The van der Waals surface area contributed by atoms with Crippen molar-refractivity contribution < 1.29 is 0 Å². The average molecular weight is 470 g/mol. The summed E-state index contributed by atoms with van der Waals surface area (Å²) >= 11 is 12.2. The summed E-state index contributed by atoms with van der Waals surface area (Å²) in [6.07, 6.45) is 1.66. The summed E-state index contributed by atoms with van der Waals surface area (Å²) in [5.41, 5.74) is 4.74. The molecule has 20 heavy (non-hydrogen) atoms. The molecule has 1 aromatic carbocycles. The molecule has 108 valence electrons. The van der Waals surface area contributed by atoms with Crippen molar-refractivity contribution in [2.75, 3.05) is 0 Å². The van der Waals surface area contributed by atoms with Crippen LogP contribution in [-0.4, -0.2) is 9.78 Å². The second-order valence-corrected chi connectivity index (χ2v) is 7.19. The first-order valence-corrected chi connectivity index (χ1v) is 8.34. The SMILES string of the molecule is CC(C)n1ncc(Cl)c1C(NN)c1cc(I)ccc1Br. The van der Waals surface area contributed by atoms with Crippen molar-refractivity contribution in [3.05, 3.63) is 48.7 Å². The highest BCUT2D eigenvalue weighted by atomic mass is 127. The van der Waals surface area contributed by atoms with Gasteiger partial charge >= 0.3 is 0 Å².